The van der Waals surface area contributed by atoms with Crippen LogP contribution in [0.25, 0.3) is 17.0 Å². The van der Waals surface area contributed by atoms with Crippen molar-refractivity contribution in [1.82, 2.24) is 44.5 Å². The number of aryl methyl sites for hydroxylation is 1. The second-order valence-electron chi connectivity index (χ2n) is 8.25. The van der Waals surface area contributed by atoms with Gasteiger partial charge in [-0.3, -0.25) is 9.48 Å². The summed E-state index contributed by atoms with van der Waals surface area (Å²) in [7, 11) is 1.79. The van der Waals surface area contributed by atoms with Crippen LogP contribution in [0.1, 0.15) is 51.6 Å². The first-order valence-electron chi connectivity index (χ1n) is 10.8. The van der Waals surface area contributed by atoms with E-state index in [0.717, 1.165) is 11.4 Å². The Hall–Kier alpha value is -4.42. The monoisotopic (exact) mass is 479 g/mol. The van der Waals surface area contributed by atoms with Gasteiger partial charge in [0.05, 0.1) is 35.0 Å². The minimum Gasteiger partial charge on any atom is -0.412 e. The quantitative estimate of drug-likeness (QED) is 0.420. The summed E-state index contributed by atoms with van der Waals surface area (Å²) in [5.41, 5.74) is 3.53. The third kappa shape index (κ3) is 3.30. The van der Waals surface area contributed by atoms with Gasteiger partial charge in [-0.25, -0.2) is 18.3 Å². The largest absolute Gasteiger partial charge is 0.412 e. The Morgan fingerprint density at radius 2 is 2.14 bits per heavy atom. The van der Waals surface area contributed by atoms with Crippen molar-refractivity contribution in [3.8, 4) is 11.5 Å². The van der Waals surface area contributed by atoms with Gasteiger partial charge in [0.15, 0.2) is 0 Å². The highest BCUT2D eigenvalue weighted by Crippen LogP contribution is 2.35. The molecule has 6 heterocycles. The molecule has 6 rings (SSSR count). The average Bonchev–Trinajstić information content (AvgIpc) is 3.64. The number of nitrogens with one attached hydrogen (secondary N) is 1. The number of imidazole rings is 1. The van der Waals surface area contributed by atoms with Crippen molar-refractivity contribution in [2.24, 2.45) is 7.05 Å². The number of aromatic amines is 1. The first-order chi connectivity index (χ1) is 16.9. The van der Waals surface area contributed by atoms with Crippen molar-refractivity contribution in [3.63, 3.8) is 0 Å². The van der Waals surface area contributed by atoms with Crippen LogP contribution < -0.4 is 0 Å². The molecule has 0 saturated carbocycles. The van der Waals surface area contributed by atoms with Crippen LogP contribution in [0.4, 0.5) is 8.78 Å². The molecule has 11 nitrogen and oxygen atoms in total. The fraction of sp³-hybridized carbons (Fsp3) is 0.273. The van der Waals surface area contributed by atoms with E-state index in [1.165, 1.54) is 15.5 Å². The zero-order chi connectivity index (χ0) is 24.3. The van der Waals surface area contributed by atoms with E-state index in [1.807, 2.05) is 6.92 Å². The fourth-order valence-electron chi connectivity index (χ4n) is 4.40. The van der Waals surface area contributed by atoms with E-state index in [1.54, 1.807) is 42.5 Å². The molecule has 0 aliphatic carbocycles. The van der Waals surface area contributed by atoms with Crippen molar-refractivity contribution in [3.05, 3.63) is 71.1 Å². The van der Waals surface area contributed by atoms with Gasteiger partial charge in [-0.1, -0.05) is 6.07 Å². The van der Waals surface area contributed by atoms with Crippen molar-refractivity contribution in [2.45, 2.75) is 25.8 Å². The number of hydrogen-bond donors (Lipinski definition) is 1. The Labute approximate surface area is 196 Å². The van der Waals surface area contributed by atoms with Gasteiger partial charge in [0.2, 0.25) is 0 Å². The maximum Gasteiger partial charge on any atom is 0.312 e. The highest BCUT2D eigenvalue weighted by Gasteiger charge is 2.38. The minimum absolute atomic E-state index is 0.183. The molecular weight excluding hydrogens is 460 g/mol. The zero-order valence-corrected chi connectivity index (χ0v) is 18.7. The van der Waals surface area contributed by atoms with E-state index in [0.29, 0.717) is 35.4 Å². The third-order valence-electron chi connectivity index (χ3n) is 6.30. The smallest absolute Gasteiger partial charge is 0.312 e. The van der Waals surface area contributed by atoms with E-state index in [4.69, 9.17) is 4.42 Å². The molecule has 1 atom stereocenters. The SMILES string of the molecule is Cc1c(-c2nnc(C(=O)N3CCc4[nH]cnc4[C@@H]3c3cc4cccc(C(F)F)n4n3)o2)cnn1C. The Morgan fingerprint density at radius 3 is 2.91 bits per heavy atom. The van der Waals surface area contributed by atoms with Crippen molar-refractivity contribution in [2.75, 3.05) is 6.54 Å². The molecule has 13 heteroatoms. The number of fused-ring (bicyclic) bond motifs is 2. The van der Waals surface area contributed by atoms with Gasteiger partial charge in [0.1, 0.15) is 11.7 Å². The molecule has 0 radical (unpaired) electrons. The number of H-pyrrole nitrogens is 1. The van der Waals surface area contributed by atoms with Crippen LogP contribution in [0.3, 0.4) is 0 Å². The normalized spacial score (nSPS) is 15.8. The Balaban J connectivity index is 1.41. The number of rotatable bonds is 4. The van der Waals surface area contributed by atoms with E-state index in [9.17, 15) is 13.6 Å². The summed E-state index contributed by atoms with van der Waals surface area (Å²) in [6.07, 6.45) is 0.954. The summed E-state index contributed by atoms with van der Waals surface area (Å²) in [6, 6.07) is 5.51. The molecule has 0 spiro atoms. The lowest BCUT2D eigenvalue weighted by atomic mass is 9.99. The number of carbonyl (C=O) groups is 1. The molecule has 1 aliphatic heterocycles. The lowest BCUT2D eigenvalue weighted by Gasteiger charge is -2.32. The Morgan fingerprint density at radius 1 is 1.29 bits per heavy atom. The number of pyridine rings is 1. The van der Waals surface area contributed by atoms with Crippen molar-refractivity contribution >= 4 is 11.4 Å². The molecule has 35 heavy (non-hydrogen) atoms. The highest BCUT2D eigenvalue weighted by molar-refractivity contribution is 5.90. The maximum atomic E-state index is 13.6. The molecule has 0 fully saturated rings. The summed E-state index contributed by atoms with van der Waals surface area (Å²) in [4.78, 5) is 22.6. The zero-order valence-electron chi connectivity index (χ0n) is 18.7. The van der Waals surface area contributed by atoms with Gasteiger partial charge in [0, 0.05) is 31.4 Å². The second-order valence-corrected chi connectivity index (χ2v) is 8.25. The summed E-state index contributed by atoms with van der Waals surface area (Å²) < 4.78 is 35.7. The van der Waals surface area contributed by atoms with E-state index in [-0.39, 0.29) is 17.5 Å². The summed E-state index contributed by atoms with van der Waals surface area (Å²) in [6.45, 7) is 2.17. The lowest BCUT2D eigenvalue weighted by molar-refractivity contribution is 0.0646. The van der Waals surface area contributed by atoms with Crippen molar-refractivity contribution < 1.29 is 18.0 Å². The fourth-order valence-corrected chi connectivity index (χ4v) is 4.40. The molecule has 5 aromatic heterocycles. The van der Waals surface area contributed by atoms with Crippen LogP contribution in [-0.4, -0.2) is 56.9 Å². The van der Waals surface area contributed by atoms with E-state index < -0.39 is 18.4 Å². The standard InChI is InChI=1S/C22H19F2N9O2/c1-11-13(9-27-31(11)2)20-28-29-21(35-20)22(34)32-7-6-14-17(26-10-25-14)18(32)15-8-12-4-3-5-16(19(23)24)33(12)30-15/h3-5,8-10,18-19H,6-7H2,1-2H3,(H,25,26)/t18-/m0/s1. The highest BCUT2D eigenvalue weighted by atomic mass is 19.3. The van der Waals surface area contributed by atoms with Gasteiger partial charge >= 0.3 is 11.8 Å². The summed E-state index contributed by atoms with van der Waals surface area (Å²) in [5.74, 6) is -0.512. The van der Waals surface area contributed by atoms with Crippen molar-refractivity contribution in [1.29, 1.82) is 0 Å². The van der Waals surface area contributed by atoms with Gasteiger partial charge in [-0.15, -0.1) is 10.2 Å². The molecule has 178 valence electrons. The number of aromatic nitrogens is 8. The topological polar surface area (TPSA) is 123 Å². The number of carbonyl (C=O) groups excluding carboxylic acids is 1. The summed E-state index contributed by atoms with van der Waals surface area (Å²) >= 11 is 0. The van der Waals surface area contributed by atoms with Gasteiger partial charge in [0.25, 0.3) is 12.3 Å². The van der Waals surface area contributed by atoms with Crippen LogP contribution in [-0.2, 0) is 13.5 Å². The van der Waals surface area contributed by atoms with Gasteiger partial charge < -0.3 is 14.3 Å². The van der Waals surface area contributed by atoms with Crippen LogP contribution in [0.2, 0.25) is 0 Å². The Kier molecular flexibility index (Phi) is 4.72. The predicted molar refractivity (Wildman–Crippen MR) is 117 cm³/mol. The molecule has 1 N–H and O–H groups in total. The third-order valence-corrected chi connectivity index (χ3v) is 6.30. The van der Waals surface area contributed by atoms with Gasteiger partial charge in [-0.2, -0.15) is 10.2 Å². The second kappa shape index (κ2) is 7.82. The first-order valence-corrected chi connectivity index (χ1v) is 10.8. The molecular formula is C22H19F2N9O2. The Bertz CT molecular complexity index is 1560. The van der Waals surface area contributed by atoms with Crippen LogP contribution in [0, 0.1) is 6.92 Å². The predicted octanol–water partition coefficient (Wildman–Crippen LogP) is 2.87. The number of hydrogen-bond acceptors (Lipinski definition) is 7. The number of alkyl halides is 2. The molecule has 1 aliphatic rings. The van der Waals surface area contributed by atoms with E-state index in [2.05, 4.69) is 30.4 Å². The molecule has 0 saturated heterocycles. The molecule has 0 unspecified atom stereocenters. The lowest BCUT2D eigenvalue weighted by Crippen LogP contribution is -2.41. The number of amides is 1. The molecule has 5 aromatic rings. The minimum atomic E-state index is -2.70. The molecule has 0 aromatic carbocycles. The molecule has 1 amide bonds. The maximum absolute atomic E-state index is 13.6. The van der Waals surface area contributed by atoms with Crippen LogP contribution in [0.15, 0.2) is 41.2 Å². The average molecular weight is 479 g/mol. The van der Waals surface area contributed by atoms with E-state index >= 15 is 0 Å². The summed E-state index contributed by atoms with van der Waals surface area (Å²) in [5, 5.41) is 16.6. The van der Waals surface area contributed by atoms with Gasteiger partial charge in [-0.05, 0) is 25.1 Å². The number of halogens is 2. The van der Waals surface area contributed by atoms with Crippen LogP contribution >= 0.6 is 0 Å². The number of nitrogens with zero attached hydrogens (tertiary/aromatic N) is 8. The van der Waals surface area contributed by atoms with Crippen LogP contribution in [0.5, 0.6) is 0 Å². The first kappa shape index (κ1) is 21.1. The molecule has 0 bridgehead atoms.